The number of hydrogen-bond donors (Lipinski definition) is 1. The summed E-state index contributed by atoms with van der Waals surface area (Å²) >= 11 is 0. The average Bonchev–Trinajstić information content (AvgIpc) is 3.24. The van der Waals surface area contributed by atoms with Crippen LogP contribution in [0.5, 0.6) is 0 Å². The third-order valence-corrected chi connectivity index (χ3v) is 4.08. The average molecular weight is 291 g/mol. The Morgan fingerprint density at radius 3 is 2.48 bits per heavy atom. The lowest BCUT2D eigenvalue weighted by Gasteiger charge is -2.19. The summed E-state index contributed by atoms with van der Waals surface area (Å²) in [4.78, 5) is 2.23. The highest BCUT2D eigenvalue weighted by atomic mass is 16.5. The van der Waals surface area contributed by atoms with E-state index in [1.807, 2.05) is 0 Å². The molecule has 0 aromatic heterocycles. The third kappa shape index (κ3) is 6.16. The number of ether oxygens (including phenoxy) is 1. The number of aryl methyl sites for hydroxylation is 2. The maximum absolute atomic E-state index is 10.3. The Balaban J connectivity index is 1.65. The quantitative estimate of drug-likeness (QED) is 0.710. The second kappa shape index (κ2) is 7.92. The fourth-order valence-electron chi connectivity index (χ4n) is 2.58. The van der Waals surface area contributed by atoms with Crippen LogP contribution in [0.2, 0.25) is 0 Å². The normalized spacial score (nSPS) is 16.4. The number of hydrogen-bond acceptors (Lipinski definition) is 3. The van der Waals surface area contributed by atoms with E-state index in [-0.39, 0.29) is 6.10 Å². The zero-order valence-corrected chi connectivity index (χ0v) is 13.6. The molecule has 21 heavy (non-hydrogen) atoms. The molecular weight excluding hydrogens is 262 g/mol. The van der Waals surface area contributed by atoms with E-state index in [4.69, 9.17) is 4.74 Å². The lowest BCUT2D eigenvalue weighted by Crippen LogP contribution is -2.25. The standard InChI is InChI=1S/C18H29NO2/c1-14-10-15(2)12-17(11-14)18(20)6-7-19(3)8-9-21-13-16-4-5-16/h10-12,16,18,20H,4-9,13H2,1-3H3. The first kappa shape index (κ1) is 16.5. The highest BCUT2D eigenvalue weighted by molar-refractivity contribution is 5.29. The zero-order valence-electron chi connectivity index (χ0n) is 13.6. The van der Waals surface area contributed by atoms with Crippen molar-refractivity contribution >= 4 is 0 Å². The van der Waals surface area contributed by atoms with E-state index in [1.54, 1.807) is 0 Å². The smallest absolute Gasteiger partial charge is 0.0802 e. The van der Waals surface area contributed by atoms with E-state index < -0.39 is 0 Å². The fraction of sp³-hybridized carbons (Fsp3) is 0.667. The molecule has 1 aromatic carbocycles. The van der Waals surface area contributed by atoms with Gasteiger partial charge in [0, 0.05) is 19.7 Å². The van der Waals surface area contributed by atoms with Crippen LogP contribution >= 0.6 is 0 Å². The van der Waals surface area contributed by atoms with Crippen LogP contribution in [-0.2, 0) is 4.74 Å². The Labute approximate surface area is 128 Å². The van der Waals surface area contributed by atoms with Gasteiger partial charge in [0.2, 0.25) is 0 Å². The molecule has 0 bridgehead atoms. The molecular formula is C18H29NO2. The highest BCUT2D eigenvalue weighted by Crippen LogP contribution is 2.28. The maximum Gasteiger partial charge on any atom is 0.0802 e. The van der Waals surface area contributed by atoms with Gasteiger partial charge in [0.25, 0.3) is 0 Å². The summed E-state index contributed by atoms with van der Waals surface area (Å²) in [6.07, 6.45) is 3.08. The molecule has 0 heterocycles. The zero-order chi connectivity index (χ0) is 15.2. The van der Waals surface area contributed by atoms with Crippen molar-refractivity contribution in [2.45, 2.75) is 39.2 Å². The maximum atomic E-state index is 10.3. The lowest BCUT2D eigenvalue weighted by molar-refractivity contribution is 0.0948. The number of benzene rings is 1. The summed E-state index contributed by atoms with van der Waals surface area (Å²) in [5.74, 6) is 0.835. The predicted molar refractivity (Wildman–Crippen MR) is 86.5 cm³/mol. The van der Waals surface area contributed by atoms with Crippen molar-refractivity contribution in [1.82, 2.24) is 4.90 Å². The molecule has 0 spiro atoms. The van der Waals surface area contributed by atoms with Crippen molar-refractivity contribution in [2.24, 2.45) is 5.92 Å². The van der Waals surface area contributed by atoms with E-state index in [2.05, 4.69) is 44.0 Å². The molecule has 3 nitrogen and oxygen atoms in total. The minimum absolute atomic E-state index is 0.376. The first-order valence-electron chi connectivity index (χ1n) is 8.07. The van der Waals surface area contributed by atoms with Crippen LogP contribution in [0.15, 0.2) is 18.2 Å². The topological polar surface area (TPSA) is 32.7 Å². The Kier molecular flexibility index (Phi) is 6.22. The summed E-state index contributed by atoms with van der Waals surface area (Å²) in [5.41, 5.74) is 3.46. The van der Waals surface area contributed by atoms with Crippen LogP contribution in [0.1, 0.15) is 42.1 Å². The van der Waals surface area contributed by atoms with Crippen LogP contribution < -0.4 is 0 Å². The second-order valence-corrected chi connectivity index (χ2v) is 6.55. The first-order chi connectivity index (χ1) is 10.0. The number of rotatable bonds is 9. The molecule has 1 aliphatic rings. The molecule has 2 rings (SSSR count). The van der Waals surface area contributed by atoms with Crippen molar-refractivity contribution in [2.75, 3.05) is 33.4 Å². The van der Waals surface area contributed by atoms with E-state index >= 15 is 0 Å². The number of nitrogens with zero attached hydrogens (tertiary/aromatic N) is 1. The van der Waals surface area contributed by atoms with Crippen LogP contribution in [0.3, 0.4) is 0 Å². The van der Waals surface area contributed by atoms with Crippen molar-refractivity contribution in [3.63, 3.8) is 0 Å². The summed E-state index contributed by atoms with van der Waals surface area (Å²) in [7, 11) is 2.09. The van der Waals surface area contributed by atoms with Crippen LogP contribution in [0.25, 0.3) is 0 Å². The van der Waals surface area contributed by atoms with Gasteiger partial charge in [-0.05, 0) is 51.6 Å². The van der Waals surface area contributed by atoms with Gasteiger partial charge < -0.3 is 14.7 Å². The van der Waals surface area contributed by atoms with Crippen LogP contribution in [0.4, 0.5) is 0 Å². The fourth-order valence-corrected chi connectivity index (χ4v) is 2.58. The largest absolute Gasteiger partial charge is 0.388 e. The van der Waals surface area contributed by atoms with Crippen molar-refractivity contribution in [3.05, 3.63) is 34.9 Å². The molecule has 1 fully saturated rings. The van der Waals surface area contributed by atoms with Gasteiger partial charge in [-0.2, -0.15) is 0 Å². The molecule has 1 N–H and O–H groups in total. The van der Waals surface area contributed by atoms with Crippen LogP contribution in [0, 0.1) is 19.8 Å². The molecule has 1 atom stereocenters. The Hall–Kier alpha value is -0.900. The van der Waals surface area contributed by atoms with Gasteiger partial charge in [-0.25, -0.2) is 0 Å². The Morgan fingerprint density at radius 2 is 1.86 bits per heavy atom. The molecule has 1 aromatic rings. The number of likely N-dealkylation sites (N-methyl/N-ethyl adjacent to an activating group) is 1. The third-order valence-electron chi connectivity index (χ3n) is 4.08. The lowest BCUT2D eigenvalue weighted by atomic mass is 10.0. The SMILES string of the molecule is Cc1cc(C)cc(C(O)CCN(C)CCOCC2CC2)c1. The van der Waals surface area contributed by atoms with Gasteiger partial charge in [-0.15, -0.1) is 0 Å². The van der Waals surface area contributed by atoms with Gasteiger partial charge in [-0.1, -0.05) is 29.3 Å². The molecule has 3 heteroatoms. The van der Waals surface area contributed by atoms with Crippen molar-refractivity contribution < 1.29 is 9.84 Å². The summed E-state index contributed by atoms with van der Waals surface area (Å²) in [5, 5.41) is 10.3. The molecule has 0 radical (unpaired) electrons. The predicted octanol–water partition coefficient (Wildman–Crippen LogP) is 3.09. The summed E-state index contributed by atoms with van der Waals surface area (Å²) in [6, 6.07) is 6.30. The van der Waals surface area contributed by atoms with Gasteiger partial charge in [0.15, 0.2) is 0 Å². The van der Waals surface area contributed by atoms with E-state index in [9.17, 15) is 5.11 Å². The molecule has 0 amide bonds. The minimum atomic E-state index is -0.376. The van der Waals surface area contributed by atoms with Crippen LogP contribution in [-0.4, -0.2) is 43.4 Å². The van der Waals surface area contributed by atoms with E-state index in [0.29, 0.717) is 0 Å². The molecule has 1 aliphatic carbocycles. The first-order valence-corrected chi connectivity index (χ1v) is 8.07. The highest BCUT2D eigenvalue weighted by Gasteiger charge is 2.21. The Morgan fingerprint density at radius 1 is 1.19 bits per heavy atom. The second-order valence-electron chi connectivity index (χ2n) is 6.55. The molecule has 118 valence electrons. The Bertz CT molecular complexity index is 423. The number of aliphatic hydroxyl groups excluding tert-OH is 1. The monoisotopic (exact) mass is 291 g/mol. The van der Waals surface area contributed by atoms with Gasteiger partial charge in [0.1, 0.15) is 0 Å². The minimum Gasteiger partial charge on any atom is -0.388 e. The van der Waals surface area contributed by atoms with Gasteiger partial charge in [0.05, 0.1) is 12.7 Å². The summed E-state index contributed by atoms with van der Waals surface area (Å²) in [6.45, 7) is 7.71. The van der Waals surface area contributed by atoms with Gasteiger partial charge in [-0.3, -0.25) is 0 Å². The van der Waals surface area contributed by atoms with Crippen molar-refractivity contribution in [3.8, 4) is 0 Å². The van der Waals surface area contributed by atoms with E-state index in [0.717, 1.165) is 44.2 Å². The van der Waals surface area contributed by atoms with Gasteiger partial charge >= 0.3 is 0 Å². The van der Waals surface area contributed by atoms with E-state index in [1.165, 1.54) is 24.0 Å². The molecule has 0 saturated heterocycles. The van der Waals surface area contributed by atoms with Crippen molar-refractivity contribution in [1.29, 1.82) is 0 Å². The molecule has 1 saturated carbocycles. The summed E-state index contributed by atoms with van der Waals surface area (Å²) < 4.78 is 5.65. The molecule has 1 unspecified atom stereocenters. The number of aliphatic hydroxyl groups is 1. The molecule has 0 aliphatic heterocycles.